The lowest BCUT2D eigenvalue weighted by atomic mass is 10.2. The van der Waals surface area contributed by atoms with E-state index < -0.39 is 11.9 Å². The Kier molecular flexibility index (Phi) is 22.3. The molecule has 2 N–H and O–H groups in total. The average Bonchev–Trinajstić information content (AvgIpc) is 2.23. The molecule has 0 radical (unpaired) electrons. The number of hydrogen-bond donors (Lipinski definition) is 2. The second-order valence-corrected chi connectivity index (χ2v) is 3.43. The van der Waals surface area contributed by atoms with E-state index in [9.17, 15) is 9.59 Å². The summed E-state index contributed by atoms with van der Waals surface area (Å²) in [7, 11) is 0. The summed E-state index contributed by atoms with van der Waals surface area (Å²) in [5.41, 5.74) is 0. The lowest BCUT2D eigenvalue weighted by Gasteiger charge is -1.91. The number of carboxylic acids is 2. The lowest BCUT2D eigenvalue weighted by Crippen LogP contribution is -2.00. The molecule has 0 aromatic heterocycles. The number of rotatable bonds is 8. The van der Waals surface area contributed by atoms with Gasteiger partial charge in [0.25, 0.3) is 0 Å². The fourth-order valence-electron chi connectivity index (χ4n) is 0.929. The fraction of sp³-hybridized carbons (Fsp3) is 0.667. The van der Waals surface area contributed by atoms with E-state index in [2.05, 4.69) is 13.5 Å². The van der Waals surface area contributed by atoms with E-state index in [-0.39, 0.29) is 30.2 Å². The van der Waals surface area contributed by atoms with Crippen LogP contribution in [0.5, 0.6) is 0 Å². The van der Waals surface area contributed by atoms with Gasteiger partial charge in [0, 0.05) is 0 Å². The minimum atomic E-state index is -1.08. The summed E-state index contributed by atoms with van der Waals surface area (Å²) in [5.74, 6) is -2.15. The van der Waals surface area contributed by atoms with Crippen LogP contribution in [-0.4, -0.2) is 39.5 Å². The molecule has 0 aliphatic rings. The minimum absolute atomic E-state index is 0. The Morgan fingerprint density at radius 3 is 1.82 bits per heavy atom. The molecule has 4 nitrogen and oxygen atoms in total. The third kappa shape index (κ3) is 31.3. The second-order valence-electron chi connectivity index (χ2n) is 3.43. The van der Waals surface area contributed by atoms with Gasteiger partial charge in [-0.3, -0.25) is 9.59 Å². The van der Waals surface area contributed by atoms with Crippen molar-refractivity contribution in [3.63, 3.8) is 0 Å². The molecule has 0 atom stereocenters. The van der Waals surface area contributed by atoms with E-state index in [0.29, 0.717) is 0 Å². The molecule has 0 unspecified atom stereocenters. The Labute approximate surface area is 114 Å². The largest absolute Gasteiger partial charge is 0.481 e. The SMILES string of the molecule is C=CCCCCCC.O=C(O)CCC(=O)O.[AlH3]. The normalized spacial score (nSPS) is 8.29. The zero-order valence-electron chi connectivity index (χ0n) is 9.95. The van der Waals surface area contributed by atoms with E-state index in [4.69, 9.17) is 10.2 Å². The van der Waals surface area contributed by atoms with E-state index in [1.807, 2.05) is 6.08 Å². The topological polar surface area (TPSA) is 74.6 Å². The van der Waals surface area contributed by atoms with Crippen molar-refractivity contribution in [2.24, 2.45) is 0 Å². The number of hydrogen-bond acceptors (Lipinski definition) is 2. The summed E-state index contributed by atoms with van der Waals surface area (Å²) >= 11 is 0. The van der Waals surface area contributed by atoms with Gasteiger partial charge in [0.15, 0.2) is 17.4 Å². The lowest BCUT2D eigenvalue weighted by molar-refractivity contribution is -0.143. The second kappa shape index (κ2) is 17.6. The Morgan fingerprint density at radius 1 is 1.06 bits per heavy atom. The summed E-state index contributed by atoms with van der Waals surface area (Å²) < 4.78 is 0. The van der Waals surface area contributed by atoms with Gasteiger partial charge in [-0.25, -0.2) is 0 Å². The van der Waals surface area contributed by atoms with E-state index in [1.165, 1.54) is 32.1 Å². The highest BCUT2D eigenvalue weighted by Crippen LogP contribution is 2.01. The van der Waals surface area contributed by atoms with Crippen LogP contribution >= 0.6 is 0 Å². The van der Waals surface area contributed by atoms with Crippen molar-refractivity contribution in [2.45, 2.75) is 51.9 Å². The number of allylic oxidation sites excluding steroid dienone is 1. The van der Waals surface area contributed by atoms with E-state index in [1.54, 1.807) is 0 Å². The van der Waals surface area contributed by atoms with Crippen LogP contribution in [0, 0.1) is 0 Å². The minimum Gasteiger partial charge on any atom is -0.481 e. The average molecular weight is 260 g/mol. The summed E-state index contributed by atoms with van der Waals surface area (Å²) in [5, 5.41) is 15.8. The molecule has 0 aliphatic heterocycles. The van der Waals surface area contributed by atoms with Gasteiger partial charge in [0.1, 0.15) is 0 Å². The van der Waals surface area contributed by atoms with Crippen molar-refractivity contribution < 1.29 is 19.8 Å². The summed E-state index contributed by atoms with van der Waals surface area (Å²) in [4.78, 5) is 19.3. The molecule has 0 saturated carbocycles. The maximum Gasteiger partial charge on any atom is 0.303 e. The van der Waals surface area contributed by atoms with Crippen LogP contribution in [0.25, 0.3) is 0 Å². The van der Waals surface area contributed by atoms with Gasteiger partial charge >= 0.3 is 11.9 Å². The van der Waals surface area contributed by atoms with Crippen LogP contribution in [0.1, 0.15) is 51.9 Å². The molecule has 0 heterocycles. The van der Waals surface area contributed by atoms with Gasteiger partial charge in [-0.15, -0.1) is 6.58 Å². The Balaban J connectivity index is -0.000000218. The quantitative estimate of drug-likeness (QED) is 0.397. The standard InChI is InChI=1S/C8H16.C4H6O4.Al.3H/c1-3-5-7-8-6-4-2;5-3(6)1-2-4(7)8;;;;/h3H,1,4-8H2,2H3;1-2H2,(H,5,6)(H,7,8);;;;. The van der Waals surface area contributed by atoms with Crippen molar-refractivity contribution in [1.82, 2.24) is 0 Å². The smallest absolute Gasteiger partial charge is 0.303 e. The third-order valence-electron chi connectivity index (χ3n) is 1.81. The highest BCUT2D eigenvalue weighted by Gasteiger charge is 2.00. The number of aliphatic carboxylic acids is 2. The van der Waals surface area contributed by atoms with Crippen LogP contribution < -0.4 is 0 Å². The molecule has 0 saturated heterocycles. The molecule has 0 rings (SSSR count). The molecule has 0 aromatic rings. The van der Waals surface area contributed by atoms with Gasteiger partial charge < -0.3 is 10.2 Å². The molecule has 0 amide bonds. The summed E-state index contributed by atoms with van der Waals surface area (Å²) in [6.07, 6.45) is 8.02. The maximum absolute atomic E-state index is 9.64. The van der Waals surface area contributed by atoms with Gasteiger partial charge in [-0.1, -0.05) is 32.3 Å². The summed E-state index contributed by atoms with van der Waals surface area (Å²) in [6, 6.07) is 0. The predicted molar refractivity (Wildman–Crippen MR) is 73.4 cm³/mol. The van der Waals surface area contributed by atoms with Crippen LogP contribution in [0.15, 0.2) is 12.7 Å². The van der Waals surface area contributed by atoms with Crippen molar-refractivity contribution >= 4 is 29.3 Å². The highest BCUT2D eigenvalue weighted by atomic mass is 27.0. The van der Waals surface area contributed by atoms with Crippen molar-refractivity contribution in [2.75, 3.05) is 0 Å². The zero-order valence-corrected chi connectivity index (χ0v) is 9.95. The Morgan fingerprint density at radius 2 is 1.53 bits per heavy atom. The molecule has 100 valence electrons. The first-order chi connectivity index (χ1) is 7.54. The fourth-order valence-corrected chi connectivity index (χ4v) is 0.929. The van der Waals surface area contributed by atoms with Crippen molar-refractivity contribution in [3.05, 3.63) is 12.7 Å². The van der Waals surface area contributed by atoms with Crippen molar-refractivity contribution in [3.8, 4) is 0 Å². The van der Waals surface area contributed by atoms with Crippen LogP contribution in [-0.2, 0) is 9.59 Å². The molecule has 5 heteroatoms. The maximum atomic E-state index is 9.64. The molecule has 0 spiro atoms. The first kappa shape index (κ1) is 21.5. The number of carbonyl (C=O) groups is 2. The third-order valence-corrected chi connectivity index (χ3v) is 1.81. The first-order valence-electron chi connectivity index (χ1n) is 5.59. The van der Waals surface area contributed by atoms with E-state index >= 15 is 0 Å². The van der Waals surface area contributed by atoms with Crippen LogP contribution in [0.4, 0.5) is 0 Å². The van der Waals surface area contributed by atoms with Gasteiger partial charge in [-0.2, -0.15) is 0 Å². The van der Waals surface area contributed by atoms with Crippen LogP contribution in [0.2, 0.25) is 0 Å². The molecule has 0 aromatic carbocycles. The Hall–Kier alpha value is -0.788. The van der Waals surface area contributed by atoms with Gasteiger partial charge in [0.05, 0.1) is 12.8 Å². The number of carboxylic acid groups (broad SMARTS) is 2. The van der Waals surface area contributed by atoms with Gasteiger partial charge in [0.2, 0.25) is 0 Å². The van der Waals surface area contributed by atoms with E-state index in [0.717, 1.165) is 0 Å². The molecule has 0 fully saturated rings. The predicted octanol–water partition coefficient (Wildman–Crippen LogP) is 1.89. The Bertz CT molecular complexity index is 191. The zero-order chi connectivity index (χ0) is 12.8. The number of unbranched alkanes of at least 4 members (excludes halogenated alkanes) is 4. The van der Waals surface area contributed by atoms with Crippen molar-refractivity contribution in [1.29, 1.82) is 0 Å². The first-order valence-corrected chi connectivity index (χ1v) is 5.59. The molecular weight excluding hydrogens is 235 g/mol. The van der Waals surface area contributed by atoms with Gasteiger partial charge in [-0.05, 0) is 12.8 Å². The molecule has 0 aliphatic carbocycles. The van der Waals surface area contributed by atoms with Crippen LogP contribution in [0.3, 0.4) is 0 Å². The molecule has 17 heavy (non-hydrogen) atoms. The summed E-state index contributed by atoms with van der Waals surface area (Å²) in [6.45, 7) is 5.89. The molecule has 0 bridgehead atoms. The monoisotopic (exact) mass is 260 g/mol. The highest BCUT2D eigenvalue weighted by molar-refractivity contribution is 5.75. The molecular formula is C12H25AlO4.